The molecule has 7 heteroatoms. The Morgan fingerprint density at radius 1 is 1.59 bits per heavy atom. The highest BCUT2D eigenvalue weighted by Crippen LogP contribution is 2.16. The van der Waals surface area contributed by atoms with Gasteiger partial charge in [0.1, 0.15) is 16.4 Å². The molecule has 0 aromatic carbocycles. The van der Waals surface area contributed by atoms with Crippen LogP contribution in [-0.4, -0.2) is 46.3 Å². The molecule has 1 aromatic heterocycles. The molecule has 1 unspecified atom stereocenters. The minimum atomic E-state index is -0.977. The Kier molecular flexibility index (Phi) is 3.56. The SMILES string of the molecule is O=C(NCC1(O)CCOC1)c1cnc(Cl)cn1. The highest BCUT2D eigenvalue weighted by atomic mass is 35.5. The first kappa shape index (κ1) is 12.2. The van der Waals surface area contributed by atoms with Crippen molar-refractivity contribution in [2.24, 2.45) is 0 Å². The van der Waals surface area contributed by atoms with Gasteiger partial charge in [-0.1, -0.05) is 11.6 Å². The molecule has 1 aromatic rings. The molecule has 2 N–H and O–H groups in total. The molecule has 1 aliphatic rings. The van der Waals surface area contributed by atoms with Crippen LogP contribution < -0.4 is 5.32 Å². The van der Waals surface area contributed by atoms with Crippen LogP contribution in [0.5, 0.6) is 0 Å². The Hall–Kier alpha value is -1.24. The average Bonchev–Trinajstić information content (AvgIpc) is 2.75. The summed E-state index contributed by atoms with van der Waals surface area (Å²) in [5, 5.41) is 12.7. The second-order valence-electron chi connectivity index (χ2n) is 3.93. The number of rotatable bonds is 3. The smallest absolute Gasteiger partial charge is 0.271 e. The maximum absolute atomic E-state index is 11.6. The predicted molar refractivity (Wildman–Crippen MR) is 59.8 cm³/mol. The number of nitrogens with one attached hydrogen (secondary N) is 1. The Balaban J connectivity index is 1.91. The van der Waals surface area contributed by atoms with Gasteiger partial charge in [0.15, 0.2) is 0 Å². The first-order chi connectivity index (χ1) is 8.09. The zero-order valence-electron chi connectivity index (χ0n) is 9.02. The van der Waals surface area contributed by atoms with E-state index in [-0.39, 0.29) is 24.0 Å². The summed E-state index contributed by atoms with van der Waals surface area (Å²) in [6.45, 7) is 0.878. The van der Waals surface area contributed by atoms with E-state index < -0.39 is 11.5 Å². The molecule has 1 aliphatic heterocycles. The van der Waals surface area contributed by atoms with Gasteiger partial charge in [0.05, 0.1) is 19.0 Å². The van der Waals surface area contributed by atoms with Crippen LogP contribution in [0.4, 0.5) is 0 Å². The van der Waals surface area contributed by atoms with E-state index in [1.807, 2.05) is 0 Å². The number of carbonyl (C=O) groups is 1. The van der Waals surface area contributed by atoms with E-state index in [1.165, 1.54) is 12.4 Å². The van der Waals surface area contributed by atoms with Crippen molar-refractivity contribution in [1.29, 1.82) is 0 Å². The molecule has 0 saturated carbocycles. The molecule has 92 valence electrons. The molecule has 0 aliphatic carbocycles. The summed E-state index contributed by atoms with van der Waals surface area (Å²) in [5.41, 5.74) is -0.813. The van der Waals surface area contributed by atoms with Crippen molar-refractivity contribution < 1.29 is 14.6 Å². The van der Waals surface area contributed by atoms with Crippen LogP contribution in [-0.2, 0) is 4.74 Å². The molecular weight excluding hydrogens is 246 g/mol. The lowest BCUT2D eigenvalue weighted by molar-refractivity contribution is 0.0264. The van der Waals surface area contributed by atoms with Crippen LogP contribution in [0, 0.1) is 0 Å². The fourth-order valence-corrected chi connectivity index (χ4v) is 1.60. The number of aliphatic hydroxyl groups is 1. The van der Waals surface area contributed by atoms with Gasteiger partial charge in [0, 0.05) is 19.6 Å². The van der Waals surface area contributed by atoms with E-state index in [0.29, 0.717) is 13.0 Å². The zero-order valence-corrected chi connectivity index (χ0v) is 9.78. The lowest BCUT2D eigenvalue weighted by Crippen LogP contribution is -2.43. The van der Waals surface area contributed by atoms with Crippen molar-refractivity contribution in [2.45, 2.75) is 12.0 Å². The molecule has 0 bridgehead atoms. The third-order valence-corrected chi connectivity index (χ3v) is 2.71. The Morgan fingerprint density at radius 3 is 3.00 bits per heavy atom. The number of halogens is 1. The van der Waals surface area contributed by atoms with E-state index in [9.17, 15) is 9.90 Å². The van der Waals surface area contributed by atoms with Crippen molar-refractivity contribution in [3.05, 3.63) is 23.2 Å². The van der Waals surface area contributed by atoms with Gasteiger partial charge in [0.25, 0.3) is 5.91 Å². The molecule has 2 heterocycles. The average molecular weight is 258 g/mol. The minimum absolute atomic E-state index is 0.135. The molecule has 1 amide bonds. The first-order valence-electron chi connectivity index (χ1n) is 5.15. The summed E-state index contributed by atoms with van der Waals surface area (Å²) in [7, 11) is 0. The second-order valence-corrected chi connectivity index (χ2v) is 4.32. The number of nitrogens with zero attached hydrogens (tertiary/aromatic N) is 2. The van der Waals surface area contributed by atoms with Crippen LogP contribution in [0.15, 0.2) is 12.4 Å². The van der Waals surface area contributed by atoms with Crippen LogP contribution in [0.25, 0.3) is 0 Å². The highest BCUT2D eigenvalue weighted by molar-refractivity contribution is 6.29. The van der Waals surface area contributed by atoms with E-state index in [2.05, 4.69) is 15.3 Å². The molecule has 1 atom stereocenters. The topological polar surface area (TPSA) is 84.3 Å². The fraction of sp³-hybridized carbons (Fsp3) is 0.500. The Labute approximate surface area is 103 Å². The molecular formula is C10H12ClN3O3. The van der Waals surface area contributed by atoms with Crippen LogP contribution in [0.2, 0.25) is 5.15 Å². The van der Waals surface area contributed by atoms with Crippen LogP contribution >= 0.6 is 11.6 Å². The van der Waals surface area contributed by atoms with Gasteiger partial charge in [-0.3, -0.25) is 4.79 Å². The first-order valence-corrected chi connectivity index (χ1v) is 5.53. The van der Waals surface area contributed by atoms with Gasteiger partial charge < -0.3 is 15.2 Å². The summed E-state index contributed by atoms with van der Waals surface area (Å²) in [6.07, 6.45) is 3.09. The number of carbonyl (C=O) groups excluding carboxylic acids is 1. The van der Waals surface area contributed by atoms with Crippen molar-refractivity contribution in [3.63, 3.8) is 0 Å². The van der Waals surface area contributed by atoms with E-state index in [0.717, 1.165) is 0 Å². The van der Waals surface area contributed by atoms with Crippen molar-refractivity contribution in [1.82, 2.24) is 15.3 Å². The highest BCUT2D eigenvalue weighted by Gasteiger charge is 2.32. The quantitative estimate of drug-likeness (QED) is 0.797. The lowest BCUT2D eigenvalue weighted by atomic mass is 10.0. The zero-order chi connectivity index (χ0) is 12.3. The Morgan fingerprint density at radius 2 is 2.41 bits per heavy atom. The maximum atomic E-state index is 11.6. The summed E-state index contributed by atoms with van der Waals surface area (Å²) >= 11 is 5.56. The molecule has 1 fully saturated rings. The number of hydrogen-bond donors (Lipinski definition) is 2. The van der Waals surface area contributed by atoms with Crippen molar-refractivity contribution >= 4 is 17.5 Å². The Bertz CT molecular complexity index is 404. The van der Waals surface area contributed by atoms with Crippen LogP contribution in [0.1, 0.15) is 16.9 Å². The molecule has 2 rings (SSSR count). The summed E-state index contributed by atoms with van der Waals surface area (Å²) in [5.74, 6) is -0.394. The van der Waals surface area contributed by atoms with E-state index >= 15 is 0 Å². The summed E-state index contributed by atoms with van der Waals surface area (Å²) < 4.78 is 5.07. The summed E-state index contributed by atoms with van der Waals surface area (Å²) in [6, 6.07) is 0. The number of ether oxygens (including phenoxy) is 1. The normalized spacial score (nSPS) is 23.6. The molecule has 6 nitrogen and oxygen atoms in total. The van der Waals surface area contributed by atoms with Gasteiger partial charge >= 0.3 is 0 Å². The number of aromatic nitrogens is 2. The predicted octanol–water partition coefficient (Wildman–Crippen LogP) is 0.0112. The van der Waals surface area contributed by atoms with E-state index in [1.54, 1.807) is 0 Å². The fourth-order valence-electron chi connectivity index (χ4n) is 1.50. The number of amides is 1. The second kappa shape index (κ2) is 4.95. The van der Waals surface area contributed by atoms with Gasteiger partial charge in [-0.05, 0) is 0 Å². The monoisotopic (exact) mass is 257 g/mol. The van der Waals surface area contributed by atoms with Crippen LogP contribution in [0.3, 0.4) is 0 Å². The molecule has 17 heavy (non-hydrogen) atoms. The minimum Gasteiger partial charge on any atom is -0.386 e. The molecule has 0 spiro atoms. The third kappa shape index (κ3) is 3.12. The third-order valence-electron chi connectivity index (χ3n) is 2.51. The molecule has 1 saturated heterocycles. The molecule has 0 radical (unpaired) electrons. The maximum Gasteiger partial charge on any atom is 0.271 e. The van der Waals surface area contributed by atoms with E-state index in [4.69, 9.17) is 16.3 Å². The lowest BCUT2D eigenvalue weighted by Gasteiger charge is -2.20. The van der Waals surface area contributed by atoms with Crippen molar-refractivity contribution in [2.75, 3.05) is 19.8 Å². The van der Waals surface area contributed by atoms with Gasteiger partial charge in [-0.25, -0.2) is 9.97 Å². The summed E-state index contributed by atoms with van der Waals surface area (Å²) in [4.78, 5) is 19.2. The standard InChI is InChI=1S/C10H12ClN3O3/c11-8-4-12-7(3-13-8)9(15)14-5-10(16)1-2-17-6-10/h3-4,16H,1-2,5-6H2,(H,14,15). The van der Waals surface area contributed by atoms with Gasteiger partial charge in [0.2, 0.25) is 0 Å². The van der Waals surface area contributed by atoms with Gasteiger partial charge in [-0.2, -0.15) is 0 Å². The van der Waals surface area contributed by atoms with Gasteiger partial charge in [-0.15, -0.1) is 0 Å². The van der Waals surface area contributed by atoms with Crippen molar-refractivity contribution in [3.8, 4) is 0 Å². The number of hydrogen-bond acceptors (Lipinski definition) is 5. The largest absolute Gasteiger partial charge is 0.386 e.